The topological polar surface area (TPSA) is 36.8 Å². The standard InChI is InChI=1S/C16H17N3S/c1-3-8-17-15-14-13(9-20-16(14)19-10-18-15)12-6-4-11(2)5-7-12/h3-7,9-10,14,16H,1,8H2,2H3,(H,17,18,19)/t14-,16-/m1/s1. The highest BCUT2D eigenvalue weighted by molar-refractivity contribution is 8.03. The van der Waals surface area contributed by atoms with Crippen LogP contribution in [-0.4, -0.2) is 24.1 Å². The molecule has 2 atom stereocenters. The minimum atomic E-state index is 0.205. The molecule has 0 saturated carbocycles. The Kier molecular flexibility index (Phi) is 3.74. The Morgan fingerprint density at radius 3 is 2.95 bits per heavy atom. The largest absolute Gasteiger partial charge is 0.335 e. The molecule has 1 aromatic rings. The zero-order valence-electron chi connectivity index (χ0n) is 11.4. The molecular weight excluding hydrogens is 266 g/mol. The lowest BCUT2D eigenvalue weighted by atomic mass is 9.91. The van der Waals surface area contributed by atoms with E-state index in [0.717, 1.165) is 5.84 Å². The summed E-state index contributed by atoms with van der Waals surface area (Å²) in [5, 5.41) is 5.61. The van der Waals surface area contributed by atoms with E-state index in [-0.39, 0.29) is 11.3 Å². The molecule has 0 amide bonds. The average molecular weight is 283 g/mol. The summed E-state index contributed by atoms with van der Waals surface area (Å²) in [6.45, 7) is 6.46. The summed E-state index contributed by atoms with van der Waals surface area (Å²) in [6, 6.07) is 8.64. The van der Waals surface area contributed by atoms with Crippen molar-refractivity contribution in [2.24, 2.45) is 15.9 Å². The van der Waals surface area contributed by atoms with Crippen molar-refractivity contribution < 1.29 is 0 Å². The Labute approximate surface area is 123 Å². The minimum absolute atomic E-state index is 0.205. The van der Waals surface area contributed by atoms with Crippen molar-refractivity contribution in [2.75, 3.05) is 6.54 Å². The number of nitrogens with zero attached hydrogens (tertiary/aromatic N) is 2. The summed E-state index contributed by atoms with van der Waals surface area (Å²) in [5.41, 5.74) is 3.82. The fourth-order valence-corrected chi connectivity index (χ4v) is 3.55. The van der Waals surface area contributed by atoms with E-state index in [1.54, 1.807) is 18.1 Å². The molecule has 0 radical (unpaired) electrons. The van der Waals surface area contributed by atoms with Crippen LogP contribution >= 0.6 is 11.8 Å². The third-order valence-electron chi connectivity index (χ3n) is 3.46. The van der Waals surface area contributed by atoms with Gasteiger partial charge in [0.15, 0.2) is 0 Å². The molecule has 2 heterocycles. The van der Waals surface area contributed by atoms with Gasteiger partial charge in [0.2, 0.25) is 0 Å². The predicted molar refractivity (Wildman–Crippen MR) is 88.2 cm³/mol. The zero-order chi connectivity index (χ0) is 13.9. The molecule has 0 unspecified atom stereocenters. The SMILES string of the molecule is C=CCN=C1NC=N[C@@H]2SC=C(c3ccc(C)cc3)[C@H]12. The molecule has 0 bridgehead atoms. The molecule has 0 fully saturated rings. The maximum Gasteiger partial charge on any atom is 0.115 e. The first kappa shape index (κ1) is 13.2. The van der Waals surface area contributed by atoms with Crippen molar-refractivity contribution in [3.8, 4) is 0 Å². The number of amidine groups is 1. The van der Waals surface area contributed by atoms with Crippen LogP contribution in [0.4, 0.5) is 0 Å². The van der Waals surface area contributed by atoms with Crippen LogP contribution in [0.15, 0.2) is 52.3 Å². The van der Waals surface area contributed by atoms with Gasteiger partial charge in [0.1, 0.15) is 11.2 Å². The summed E-state index contributed by atoms with van der Waals surface area (Å²) in [6.07, 6.45) is 3.56. The van der Waals surface area contributed by atoms with Gasteiger partial charge in [-0.05, 0) is 23.5 Å². The van der Waals surface area contributed by atoms with Crippen LogP contribution in [-0.2, 0) is 0 Å². The van der Waals surface area contributed by atoms with Gasteiger partial charge in [-0.1, -0.05) is 35.9 Å². The van der Waals surface area contributed by atoms with E-state index in [9.17, 15) is 0 Å². The van der Waals surface area contributed by atoms with Crippen LogP contribution in [0.5, 0.6) is 0 Å². The molecular formula is C16H17N3S. The molecule has 1 aromatic carbocycles. The second kappa shape index (κ2) is 5.67. The van der Waals surface area contributed by atoms with Crippen LogP contribution in [0.1, 0.15) is 11.1 Å². The number of aryl methyl sites for hydroxylation is 1. The van der Waals surface area contributed by atoms with E-state index in [0.29, 0.717) is 6.54 Å². The number of hydrogen-bond acceptors (Lipinski definition) is 3. The van der Waals surface area contributed by atoms with Gasteiger partial charge < -0.3 is 5.32 Å². The Hall–Kier alpha value is -1.81. The molecule has 0 saturated heterocycles. The fraction of sp³-hybridized carbons (Fsp3) is 0.250. The van der Waals surface area contributed by atoms with Crippen molar-refractivity contribution in [3.05, 3.63) is 53.5 Å². The molecule has 0 aromatic heterocycles. The molecule has 20 heavy (non-hydrogen) atoms. The minimum Gasteiger partial charge on any atom is -0.335 e. The molecule has 2 aliphatic heterocycles. The lowest BCUT2D eigenvalue weighted by Crippen LogP contribution is -2.39. The fourth-order valence-electron chi connectivity index (χ4n) is 2.42. The summed E-state index contributed by atoms with van der Waals surface area (Å²) < 4.78 is 0. The average Bonchev–Trinajstić information content (AvgIpc) is 2.90. The van der Waals surface area contributed by atoms with Crippen molar-refractivity contribution in [3.63, 3.8) is 0 Å². The van der Waals surface area contributed by atoms with Crippen LogP contribution in [0, 0.1) is 12.8 Å². The van der Waals surface area contributed by atoms with Crippen LogP contribution in [0.25, 0.3) is 5.57 Å². The van der Waals surface area contributed by atoms with Crippen molar-refractivity contribution >= 4 is 29.5 Å². The third-order valence-corrected chi connectivity index (χ3v) is 4.52. The van der Waals surface area contributed by atoms with Gasteiger partial charge in [0.25, 0.3) is 0 Å². The summed E-state index contributed by atoms with van der Waals surface area (Å²) in [5.74, 6) is 1.20. The Bertz CT molecular complexity index is 599. The number of nitrogens with one attached hydrogen (secondary N) is 1. The molecule has 3 nitrogen and oxygen atoms in total. The summed E-state index contributed by atoms with van der Waals surface area (Å²) >= 11 is 1.76. The van der Waals surface area contributed by atoms with Crippen molar-refractivity contribution in [1.82, 2.24) is 5.32 Å². The van der Waals surface area contributed by atoms with Gasteiger partial charge in [-0.15, -0.1) is 18.3 Å². The highest BCUT2D eigenvalue weighted by Crippen LogP contribution is 2.43. The van der Waals surface area contributed by atoms with Gasteiger partial charge in [0, 0.05) is 0 Å². The van der Waals surface area contributed by atoms with E-state index in [1.165, 1.54) is 16.7 Å². The van der Waals surface area contributed by atoms with Gasteiger partial charge in [0.05, 0.1) is 18.8 Å². The highest BCUT2D eigenvalue weighted by atomic mass is 32.2. The summed E-state index contributed by atoms with van der Waals surface area (Å²) in [7, 11) is 0. The number of aliphatic imine (C=N–C) groups is 2. The molecule has 102 valence electrons. The van der Waals surface area contributed by atoms with Gasteiger partial charge >= 0.3 is 0 Å². The maximum atomic E-state index is 4.58. The Balaban J connectivity index is 1.94. The maximum absolute atomic E-state index is 4.58. The van der Waals surface area contributed by atoms with E-state index in [1.807, 2.05) is 6.08 Å². The normalized spacial score (nSPS) is 26.1. The molecule has 0 aliphatic carbocycles. The van der Waals surface area contributed by atoms with Crippen molar-refractivity contribution in [1.29, 1.82) is 0 Å². The Morgan fingerprint density at radius 1 is 1.40 bits per heavy atom. The monoisotopic (exact) mass is 283 g/mol. The third kappa shape index (κ3) is 2.43. The van der Waals surface area contributed by atoms with Gasteiger partial charge in [-0.3, -0.25) is 9.98 Å². The smallest absolute Gasteiger partial charge is 0.115 e. The van der Waals surface area contributed by atoms with Crippen LogP contribution in [0.3, 0.4) is 0 Å². The van der Waals surface area contributed by atoms with Crippen molar-refractivity contribution in [2.45, 2.75) is 12.3 Å². The van der Waals surface area contributed by atoms with E-state index < -0.39 is 0 Å². The van der Waals surface area contributed by atoms with E-state index in [2.05, 4.69) is 58.5 Å². The molecule has 2 aliphatic rings. The van der Waals surface area contributed by atoms with E-state index >= 15 is 0 Å². The highest BCUT2D eigenvalue weighted by Gasteiger charge is 2.36. The van der Waals surface area contributed by atoms with Gasteiger partial charge in [-0.2, -0.15) is 0 Å². The Morgan fingerprint density at radius 2 is 2.20 bits per heavy atom. The number of thioether (sulfide) groups is 1. The first-order chi connectivity index (χ1) is 9.79. The number of rotatable bonds is 3. The molecule has 0 spiro atoms. The molecule has 1 N–H and O–H groups in total. The zero-order valence-corrected chi connectivity index (χ0v) is 12.2. The number of benzene rings is 1. The first-order valence-electron chi connectivity index (χ1n) is 6.65. The predicted octanol–water partition coefficient (Wildman–Crippen LogP) is 3.24. The number of hydrogen-bond donors (Lipinski definition) is 1. The lowest BCUT2D eigenvalue weighted by Gasteiger charge is -2.25. The lowest BCUT2D eigenvalue weighted by molar-refractivity contribution is 0.792. The van der Waals surface area contributed by atoms with Crippen LogP contribution in [0.2, 0.25) is 0 Å². The van der Waals surface area contributed by atoms with E-state index in [4.69, 9.17) is 0 Å². The van der Waals surface area contributed by atoms with Gasteiger partial charge in [-0.25, -0.2) is 0 Å². The number of fused-ring (bicyclic) bond motifs is 1. The molecule has 3 rings (SSSR count). The van der Waals surface area contributed by atoms with Crippen LogP contribution < -0.4 is 5.32 Å². The summed E-state index contributed by atoms with van der Waals surface area (Å²) in [4.78, 5) is 9.09. The second-order valence-corrected chi connectivity index (χ2v) is 5.87. The molecule has 4 heteroatoms. The quantitative estimate of drug-likeness (QED) is 0.865. The second-order valence-electron chi connectivity index (χ2n) is 4.88. The first-order valence-corrected chi connectivity index (χ1v) is 7.60.